The fourth-order valence-corrected chi connectivity index (χ4v) is 2.57. The van der Waals surface area contributed by atoms with Gasteiger partial charge in [0.25, 0.3) is 0 Å². The topological polar surface area (TPSA) is 65.7 Å². The van der Waals surface area contributed by atoms with Crippen LogP contribution in [0.5, 0.6) is 0 Å². The minimum absolute atomic E-state index is 0.0139. The fourth-order valence-electron chi connectivity index (χ4n) is 2.57. The number of carbonyl (C=O) groups excluding carboxylic acids is 2. The molecule has 0 unspecified atom stereocenters. The maximum Gasteiger partial charge on any atom is 0.374 e. The van der Waals surface area contributed by atoms with E-state index in [1.807, 2.05) is 0 Å². The first-order chi connectivity index (χ1) is 13.1. The second-order valence-corrected chi connectivity index (χ2v) is 5.62. The molecular formula is C21H17FO5. The van der Waals surface area contributed by atoms with Crippen molar-refractivity contribution in [1.82, 2.24) is 0 Å². The lowest BCUT2D eigenvalue weighted by atomic mass is 10.1. The highest BCUT2D eigenvalue weighted by atomic mass is 19.1. The lowest BCUT2D eigenvalue weighted by Crippen LogP contribution is -2.08. The van der Waals surface area contributed by atoms with Crippen LogP contribution in [0.15, 0.2) is 59.0 Å². The standard InChI is InChI=1S/C21H17FO5/c1-2-25-21(24)20-17(16-8-3-4-9-18(16)27-20)13-26-19(23)11-10-14-6-5-7-15(22)12-14/h3-12H,2,13H2,1H3/b11-10+. The zero-order valence-electron chi connectivity index (χ0n) is 14.6. The van der Waals surface area contributed by atoms with Crippen LogP contribution in [0.2, 0.25) is 0 Å². The highest BCUT2D eigenvalue weighted by molar-refractivity contribution is 5.96. The summed E-state index contributed by atoms with van der Waals surface area (Å²) < 4.78 is 28.9. The van der Waals surface area contributed by atoms with Gasteiger partial charge in [-0.3, -0.25) is 0 Å². The summed E-state index contributed by atoms with van der Waals surface area (Å²) in [6.45, 7) is 1.74. The maximum absolute atomic E-state index is 13.2. The first kappa shape index (κ1) is 18.4. The molecule has 0 spiro atoms. The molecule has 27 heavy (non-hydrogen) atoms. The van der Waals surface area contributed by atoms with E-state index in [1.54, 1.807) is 43.3 Å². The SMILES string of the molecule is CCOC(=O)c1oc2ccccc2c1COC(=O)/C=C/c1cccc(F)c1. The van der Waals surface area contributed by atoms with Crippen molar-refractivity contribution in [3.63, 3.8) is 0 Å². The van der Waals surface area contributed by atoms with Gasteiger partial charge in [0.05, 0.1) is 12.2 Å². The minimum atomic E-state index is -0.626. The summed E-state index contributed by atoms with van der Waals surface area (Å²) in [5, 5.41) is 0.669. The van der Waals surface area contributed by atoms with Gasteiger partial charge in [-0.1, -0.05) is 30.3 Å². The molecule has 0 aliphatic carbocycles. The summed E-state index contributed by atoms with van der Waals surface area (Å²) in [7, 11) is 0. The summed E-state index contributed by atoms with van der Waals surface area (Å²) >= 11 is 0. The van der Waals surface area contributed by atoms with Crippen LogP contribution in [0.25, 0.3) is 17.0 Å². The van der Waals surface area contributed by atoms with Gasteiger partial charge in [-0.05, 0) is 36.8 Å². The van der Waals surface area contributed by atoms with E-state index in [-0.39, 0.29) is 19.0 Å². The average Bonchev–Trinajstić information content (AvgIpc) is 3.04. The van der Waals surface area contributed by atoms with Gasteiger partial charge in [-0.2, -0.15) is 0 Å². The Kier molecular flexibility index (Phi) is 5.66. The Labute approximate surface area is 155 Å². The molecule has 0 aliphatic rings. The number of hydrogen-bond donors (Lipinski definition) is 0. The number of furan rings is 1. The molecule has 0 saturated heterocycles. The Morgan fingerprint density at radius 2 is 1.93 bits per heavy atom. The largest absolute Gasteiger partial charge is 0.460 e. The van der Waals surface area contributed by atoms with Crippen LogP contribution >= 0.6 is 0 Å². The van der Waals surface area contributed by atoms with Crippen molar-refractivity contribution in [2.45, 2.75) is 13.5 Å². The molecule has 0 N–H and O–H groups in total. The Balaban J connectivity index is 1.76. The van der Waals surface area contributed by atoms with Crippen molar-refractivity contribution in [3.8, 4) is 0 Å². The number of para-hydroxylation sites is 1. The molecule has 0 saturated carbocycles. The number of carbonyl (C=O) groups is 2. The molecule has 2 aromatic carbocycles. The maximum atomic E-state index is 13.2. The van der Waals surface area contributed by atoms with Crippen molar-refractivity contribution in [3.05, 3.63) is 77.3 Å². The normalized spacial score (nSPS) is 11.0. The van der Waals surface area contributed by atoms with Crippen LogP contribution in [0.3, 0.4) is 0 Å². The van der Waals surface area contributed by atoms with Gasteiger partial charge < -0.3 is 13.9 Å². The molecule has 0 atom stereocenters. The van der Waals surface area contributed by atoms with E-state index in [1.165, 1.54) is 24.3 Å². The van der Waals surface area contributed by atoms with Gasteiger partial charge in [0.1, 0.15) is 18.0 Å². The lowest BCUT2D eigenvalue weighted by molar-refractivity contribution is -0.138. The number of rotatable bonds is 6. The number of hydrogen-bond acceptors (Lipinski definition) is 5. The van der Waals surface area contributed by atoms with Crippen LogP contribution in [-0.2, 0) is 20.9 Å². The molecule has 0 bridgehead atoms. The zero-order valence-corrected chi connectivity index (χ0v) is 14.6. The highest BCUT2D eigenvalue weighted by Gasteiger charge is 2.22. The van der Waals surface area contributed by atoms with E-state index in [9.17, 15) is 14.0 Å². The van der Waals surface area contributed by atoms with Crippen molar-refractivity contribution in [1.29, 1.82) is 0 Å². The summed E-state index contributed by atoms with van der Waals surface area (Å²) in [5.41, 5.74) is 1.48. The first-order valence-corrected chi connectivity index (χ1v) is 8.36. The quantitative estimate of drug-likeness (QED) is 0.473. The van der Waals surface area contributed by atoms with E-state index in [4.69, 9.17) is 13.9 Å². The summed E-state index contributed by atoms with van der Waals surface area (Å²) in [6, 6.07) is 12.9. The smallest absolute Gasteiger partial charge is 0.374 e. The molecule has 1 aromatic heterocycles. The zero-order chi connectivity index (χ0) is 19.2. The van der Waals surface area contributed by atoms with Crippen LogP contribution in [-0.4, -0.2) is 18.5 Å². The van der Waals surface area contributed by atoms with Crippen LogP contribution in [0.4, 0.5) is 4.39 Å². The number of esters is 2. The van der Waals surface area contributed by atoms with Gasteiger partial charge in [0.15, 0.2) is 0 Å². The number of benzene rings is 2. The Bertz CT molecular complexity index is 1000. The Hall–Kier alpha value is -3.41. The average molecular weight is 368 g/mol. The molecule has 0 radical (unpaired) electrons. The van der Waals surface area contributed by atoms with Crippen molar-refractivity contribution < 1.29 is 27.9 Å². The van der Waals surface area contributed by atoms with E-state index in [2.05, 4.69) is 0 Å². The molecule has 0 aliphatic heterocycles. The molecule has 3 aromatic rings. The second kappa shape index (κ2) is 8.31. The van der Waals surface area contributed by atoms with Gasteiger partial charge >= 0.3 is 11.9 Å². The van der Waals surface area contributed by atoms with Crippen LogP contribution in [0, 0.1) is 5.82 Å². The molecule has 5 nitrogen and oxygen atoms in total. The molecule has 6 heteroatoms. The Morgan fingerprint density at radius 1 is 1.11 bits per heavy atom. The summed E-state index contributed by atoms with van der Waals surface area (Å²) in [4.78, 5) is 24.1. The third-order valence-corrected chi connectivity index (χ3v) is 3.78. The van der Waals surface area contributed by atoms with E-state index in [0.29, 0.717) is 22.1 Å². The molecule has 138 valence electrons. The van der Waals surface area contributed by atoms with Crippen LogP contribution in [0.1, 0.15) is 28.6 Å². The summed E-state index contributed by atoms with van der Waals surface area (Å²) in [6.07, 6.45) is 2.65. The predicted molar refractivity (Wildman–Crippen MR) is 97.4 cm³/mol. The van der Waals surface area contributed by atoms with Gasteiger partial charge in [-0.25, -0.2) is 14.0 Å². The van der Waals surface area contributed by atoms with Gasteiger partial charge in [0.2, 0.25) is 5.76 Å². The van der Waals surface area contributed by atoms with Crippen molar-refractivity contribution >= 4 is 29.0 Å². The number of fused-ring (bicyclic) bond motifs is 1. The second-order valence-electron chi connectivity index (χ2n) is 5.62. The van der Waals surface area contributed by atoms with E-state index < -0.39 is 17.8 Å². The minimum Gasteiger partial charge on any atom is -0.460 e. The summed E-state index contributed by atoms with van der Waals surface area (Å²) in [5.74, 6) is -1.62. The number of ether oxygens (including phenoxy) is 2. The molecular weight excluding hydrogens is 351 g/mol. The first-order valence-electron chi connectivity index (χ1n) is 8.36. The highest BCUT2D eigenvalue weighted by Crippen LogP contribution is 2.27. The Morgan fingerprint density at radius 3 is 2.70 bits per heavy atom. The lowest BCUT2D eigenvalue weighted by Gasteiger charge is -2.04. The molecule has 1 heterocycles. The van der Waals surface area contributed by atoms with Gasteiger partial charge in [-0.15, -0.1) is 0 Å². The van der Waals surface area contributed by atoms with Crippen molar-refractivity contribution in [2.24, 2.45) is 0 Å². The van der Waals surface area contributed by atoms with E-state index in [0.717, 1.165) is 0 Å². The predicted octanol–water partition coefficient (Wildman–Crippen LogP) is 4.51. The molecule has 0 fully saturated rings. The fraction of sp³-hybridized carbons (Fsp3) is 0.143. The monoisotopic (exact) mass is 368 g/mol. The third-order valence-electron chi connectivity index (χ3n) is 3.78. The third kappa shape index (κ3) is 4.41. The van der Waals surface area contributed by atoms with Crippen molar-refractivity contribution in [2.75, 3.05) is 6.61 Å². The molecule has 3 rings (SSSR count). The van der Waals surface area contributed by atoms with Crippen LogP contribution < -0.4 is 0 Å². The van der Waals surface area contributed by atoms with Gasteiger partial charge in [0, 0.05) is 11.5 Å². The molecule has 0 amide bonds. The van der Waals surface area contributed by atoms with E-state index >= 15 is 0 Å². The number of halogens is 1.